The van der Waals surface area contributed by atoms with Crippen LogP contribution in [0.25, 0.3) is 10.9 Å². The van der Waals surface area contributed by atoms with Crippen molar-refractivity contribution in [2.75, 3.05) is 53.4 Å². The van der Waals surface area contributed by atoms with Gasteiger partial charge in [0, 0.05) is 57.0 Å². The van der Waals surface area contributed by atoms with Gasteiger partial charge in [0.25, 0.3) is 0 Å². The summed E-state index contributed by atoms with van der Waals surface area (Å²) in [5, 5.41) is 8.17. The number of aryl methyl sites for hydroxylation is 1. The molecule has 2 heterocycles. The molecule has 7 heteroatoms. The Balaban J connectivity index is 0.00000280. The maximum absolute atomic E-state index is 4.83. The van der Waals surface area contributed by atoms with Gasteiger partial charge >= 0.3 is 0 Å². The average Bonchev–Trinajstić information content (AvgIpc) is 3.09. The van der Waals surface area contributed by atoms with Crippen molar-refractivity contribution in [3.05, 3.63) is 36.5 Å². The van der Waals surface area contributed by atoms with E-state index in [0.29, 0.717) is 6.04 Å². The second-order valence-electron chi connectivity index (χ2n) is 7.46. The number of nitrogens with zero attached hydrogens (tertiary/aromatic N) is 4. The van der Waals surface area contributed by atoms with Crippen LogP contribution in [-0.2, 0) is 6.54 Å². The minimum absolute atomic E-state index is 0. The van der Waals surface area contributed by atoms with Gasteiger partial charge in [0.05, 0.1) is 6.54 Å². The first-order chi connectivity index (χ1) is 13.2. The zero-order valence-corrected chi connectivity index (χ0v) is 19.7. The first-order valence-electron chi connectivity index (χ1n) is 10.1. The van der Waals surface area contributed by atoms with Gasteiger partial charge in [-0.3, -0.25) is 9.89 Å². The number of hydrogen-bond acceptors (Lipinski definition) is 3. The Kier molecular flexibility index (Phi) is 9.53. The quantitative estimate of drug-likeness (QED) is 0.267. The molecule has 1 fully saturated rings. The lowest BCUT2D eigenvalue weighted by Gasteiger charge is -2.36. The Hall–Kier alpha value is -1.32. The van der Waals surface area contributed by atoms with E-state index in [4.69, 9.17) is 4.99 Å². The fourth-order valence-electron chi connectivity index (χ4n) is 3.63. The molecule has 0 bridgehead atoms. The third-order valence-corrected chi connectivity index (χ3v) is 5.33. The molecule has 0 spiro atoms. The molecule has 1 aromatic heterocycles. The topological polar surface area (TPSA) is 47.8 Å². The summed E-state index contributed by atoms with van der Waals surface area (Å²) in [7, 11) is 4.40. The maximum Gasteiger partial charge on any atom is 0.191 e. The fraction of sp³-hybridized carbons (Fsp3) is 0.571. The highest BCUT2D eigenvalue weighted by Gasteiger charge is 2.21. The molecule has 1 saturated heterocycles. The van der Waals surface area contributed by atoms with E-state index in [1.165, 1.54) is 10.9 Å². The molecule has 2 aromatic rings. The number of fused-ring (bicyclic) bond motifs is 1. The van der Waals surface area contributed by atoms with Gasteiger partial charge in [0.15, 0.2) is 5.96 Å². The summed E-state index contributed by atoms with van der Waals surface area (Å²) < 4.78 is 2.33. The lowest BCUT2D eigenvalue weighted by atomic mass is 10.2. The Morgan fingerprint density at radius 1 is 1.14 bits per heavy atom. The highest BCUT2D eigenvalue weighted by atomic mass is 127. The van der Waals surface area contributed by atoms with Crippen LogP contribution < -0.4 is 10.6 Å². The summed E-state index contributed by atoms with van der Waals surface area (Å²) in [6.45, 7) is 9.10. The summed E-state index contributed by atoms with van der Waals surface area (Å²) in [5.41, 5.74) is 1.31. The molecule has 1 atom stereocenters. The average molecular weight is 498 g/mol. The third-order valence-electron chi connectivity index (χ3n) is 5.33. The van der Waals surface area contributed by atoms with Crippen LogP contribution in [0.1, 0.15) is 13.3 Å². The number of nitrogens with one attached hydrogen (secondary N) is 2. The summed E-state index contributed by atoms with van der Waals surface area (Å²) in [6.07, 6.45) is 3.24. The zero-order valence-electron chi connectivity index (χ0n) is 17.4. The predicted octanol–water partition coefficient (Wildman–Crippen LogP) is 2.45. The smallest absolute Gasteiger partial charge is 0.191 e. The molecule has 1 aliphatic heterocycles. The summed E-state index contributed by atoms with van der Waals surface area (Å²) in [6, 6.07) is 11.2. The number of benzene rings is 1. The van der Waals surface area contributed by atoms with Crippen LogP contribution in [0.5, 0.6) is 0 Å². The summed E-state index contributed by atoms with van der Waals surface area (Å²) in [5.74, 6) is 0.927. The fourth-order valence-corrected chi connectivity index (χ4v) is 3.63. The van der Waals surface area contributed by atoms with Crippen LogP contribution in [-0.4, -0.2) is 79.7 Å². The van der Waals surface area contributed by atoms with Gasteiger partial charge in [0.1, 0.15) is 0 Å². The van der Waals surface area contributed by atoms with E-state index in [-0.39, 0.29) is 24.0 Å². The minimum atomic E-state index is 0. The van der Waals surface area contributed by atoms with E-state index in [1.807, 2.05) is 0 Å². The Morgan fingerprint density at radius 2 is 1.96 bits per heavy atom. The first kappa shape index (κ1) is 23.0. The van der Waals surface area contributed by atoms with E-state index < -0.39 is 0 Å². The van der Waals surface area contributed by atoms with Crippen molar-refractivity contribution in [2.24, 2.45) is 4.99 Å². The van der Waals surface area contributed by atoms with Crippen molar-refractivity contribution < 1.29 is 0 Å². The summed E-state index contributed by atoms with van der Waals surface area (Å²) in [4.78, 5) is 9.64. The van der Waals surface area contributed by atoms with Crippen LogP contribution in [0.2, 0.25) is 0 Å². The van der Waals surface area contributed by atoms with Crippen molar-refractivity contribution in [1.29, 1.82) is 0 Å². The van der Waals surface area contributed by atoms with Crippen LogP contribution in [0.15, 0.2) is 41.5 Å². The highest BCUT2D eigenvalue weighted by Crippen LogP contribution is 2.15. The number of guanidine groups is 1. The van der Waals surface area contributed by atoms with Crippen molar-refractivity contribution in [1.82, 2.24) is 25.0 Å². The Morgan fingerprint density at radius 3 is 2.79 bits per heavy atom. The van der Waals surface area contributed by atoms with Crippen molar-refractivity contribution in [2.45, 2.75) is 25.9 Å². The number of likely N-dealkylation sites (N-methyl/N-ethyl adjacent to an activating group) is 2. The molecule has 2 N–H and O–H groups in total. The maximum atomic E-state index is 4.83. The SMILES string of the molecule is CCNC(=NCC1CN(C)CCN1C)NCCCn1ccc2ccccc21.I. The predicted molar refractivity (Wildman–Crippen MR) is 130 cm³/mol. The molecule has 1 aliphatic rings. The molecule has 28 heavy (non-hydrogen) atoms. The van der Waals surface area contributed by atoms with E-state index in [2.05, 4.69) is 82.5 Å². The van der Waals surface area contributed by atoms with Crippen molar-refractivity contribution in [3.8, 4) is 0 Å². The van der Waals surface area contributed by atoms with Gasteiger partial charge in [-0.15, -0.1) is 24.0 Å². The number of para-hydroxylation sites is 1. The van der Waals surface area contributed by atoms with E-state index >= 15 is 0 Å². The molecule has 0 amide bonds. The van der Waals surface area contributed by atoms with Crippen molar-refractivity contribution >= 4 is 40.8 Å². The highest BCUT2D eigenvalue weighted by molar-refractivity contribution is 14.0. The molecule has 1 aromatic carbocycles. The Labute approximate surface area is 186 Å². The molecule has 6 nitrogen and oxygen atoms in total. The number of piperazine rings is 1. The van der Waals surface area contributed by atoms with Crippen molar-refractivity contribution in [3.63, 3.8) is 0 Å². The number of aromatic nitrogens is 1. The van der Waals surface area contributed by atoms with E-state index in [9.17, 15) is 0 Å². The molecule has 156 valence electrons. The largest absolute Gasteiger partial charge is 0.357 e. The molecule has 3 rings (SSSR count). The van der Waals surface area contributed by atoms with Gasteiger partial charge in [-0.2, -0.15) is 0 Å². The first-order valence-corrected chi connectivity index (χ1v) is 10.1. The van der Waals surface area contributed by atoms with E-state index in [1.54, 1.807) is 0 Å². The third kappa shape index (κ3) is 6.35. The van der Waals surface area contributed by atoms with E-state index in [0.717, 1.165) is 58.2 Å². The van der Waals surface area contributed by atoms with Gasteiger partial charge in [0.2, 0.25) is 0 Å². The van der Waals surface area contributed by atoms with Gasteiger partial charge in [-0.05, 0) is 45.0 Å². The standard InChI is InChI=1S/C21H34N6.HI/c1-4-22-21(24-16-19-17-25(2)14-15-26(19)3)23-11-7-12-27-13-10-18-8-5-6-9-20(18)27;/h5-6,8-10,13,19H,4,7,11-12,14-17H2,1-3H3,(H2,22,23,24);1H. The number of aliphatic imine (C=N–C) groups is 1. The lowest BCUT2D eigenvalue weighted by Crippen LogP contribution is -2.51. The second-order valence-corrected chi connectivity index (χ2v) is 7.46. The molecular formula is C21H35IN6. The number of rotatable bonds is 7. The molecule has 0 saturated carbocycles. The normalized spacial score (nSPS) is 18.8. The van der Waals surface area contributed by atoms with Gasteiger partial charge in [-0.1, -0.05) is 18.2 Å². The monoisotopic (exact) mass is 498 g/mol. The van der Waals surface area contributed by atoms with Crippen LogP contribution in [0.3, 0.4) is 0 Å². The molecule has 0 aliphatic carbocycles. The second kappa shape index (κ2) is 11.6. The van der Waals surface area contributed by atoms with Crippen LogP contribution in [0.4, 0.5) is 0 Å². The van der Waals surface area contributed by atoms with Gasteiger partial charge in [-0.25, -0.2) is 0 Å². The van der Waals surface area contributed by atoms with Crippen LogP contribution >= 0.6 is 24.0 Å². The zero-order chi connectivity index (χ0) is 19.1. The molecule has 0 radical (unpaired) electrons. The molecule has 1 unspecified atom stereocenters. The summed E-state index contributed by atoms with van der Waals surface area (Å²) >= 11 is 0. The van der Waals surface area contributed by atoms with Gasteiger partial charge < -0.3 is 20.1 Å². The molecular weight excluding hydrogens is 463 g/mol. The van der Waals surface area contributed by atoms with Crippen LogP contribution in [0, 0.1) is 0 Å². The number of halogens is 1. The minimum Gasteiger partial charge on any atom is -0.357 e. The Bertz CT molecular complexity index is 743. The lowest BCUT2D eigenvalue weighted by molar-refractivity contribution is 0.119. The number of hydrogen-bond donors (Lipinski definition) is 2.